The number of ether oxygens (including phenoxy) is 2. The second-order valence-corrected chi connectivity index (χ2v) is 6.08. The van der Waals surface area contributed by atoms with E-state index in [9.17, 15) is 19.4 Å². The van der Waals surface area contributed by atoms with Crippen molar-refractivity contribution in [2.24, 2.45) is 0 Å². The number of carbonyl (C=O) groups is 1. The lowest BCUT2D eigenvalue weighted by atomic mass is 9.97. The van der Waals surface area contributed by atoms with E-state index in [1.54, 1.807) is 14.1 Å². The van der Waals surface area contributed by atoms with Gasteiger partial charge in [0, 0.05) is 6.92 Å². The first kappa shape index (κ1) is 19.2. The van der Waals surface area contributed by atoms with E-state index in [0.29, 0.717) is 6.54 Å². The van der Waals surface area contributed by atoms with Gasteiger partial charge >= 0.3 is 0 Å². The summed E-state index contributed by atoms with van der Waals surface area (Å²) in [6.07, 6.45) is -4.75. The van der Waals surface area contributed by atoms with Crippen molar-refractivity contribution in [1.29, 1.82) is 0 Å². The molecule has 1 amide bonds. The van der Waals surface area contributed by atoms with Crippen LogP contribution in [-0.2, 0) is 14.3 Å². The zero-order chi connectivity index (χ0) is 16.9. The summed E-state index contributed by atoms with van der Waals surface area (Å²) in [7, 11) is 3.37. The van der Waals surface area contributed by atoms with E-state index >= 15 is 0 Å². The number of nitrogens with zero attached hydrogens (tertiary/aromatic N) is 1. The fraction of sp³-hybridized carbons (Fsp3) is 0.923. The SMILES string of the molecule is CC(=O)N[C@H]1[C@H](OCC[N+](C)(C)CF)O[C@H](CO)[C@@H](O)[C@@H]1O. The van der Waals surface area contributed by atoms with Gasteiger partial charge in [-0.25, -0.2) is 0 Å². The number of halogens is 1. The Bertz CT molecular complexity index is 370. The Morgan fingerprint density at radius 2 is 2.00 bits per heavy atom. The van der Waals surface area contributed by atoms with Gasteiger partial charge in [-0.05, 0) is 0 Å². The van der Waals surface area contributed by atoms with Gasteiger partial charge in [-0.1, -0.05) is 0 Å². The second kappa shape index (κ2) is 8.14. The van der Waals surface area contributed by atoms with Crippen molar-refractivity contribution in [2.45, 2.75) is 37.6 Å². The second-order valence-electron chi connectivity index (χ2n) is 6.08. The van der Waals surface area contributed by atoms with E-state index in [-0.39, 0.29) is 11.1 Å². The quantitative estimate of drug-likeness (QED) is 0.317. The molecule has 0 radical (unpaired) electrons. The normalized spacial score (nSPS) is 32.8. The largest absolute Gasteiger partial charge is 0.394 e. The van der Waals surface area contributed by atoms with E-state index in [2.05, 4.69) is 5.32 Å². The molecule has 1 rings (SSSR count). The molecule has 0 unspecified atom stereocenters. The molecule has 4 N–H and O–H groups in total. The van der Waals surface area contributed by atoms with Crippen LogP contribution in [0.5, 0.6) is 0 Å². The number of rotatable bonds is 7. The highest BCUT2D eigenvalue weighted by Gasteiger charge is 2.45. The fourth-order valence-corrected chi connectivity index (χ4v) is 2.09. The molecule has 1 heterocycles. The summed E-state index contributed by atoms with van der Waals surface area (Å²) in [6, 6.07) is -0.976. The molecule has 0 spiro atoms. The highest BCUT2D eigenvalue weighted by Crippen LogP contribution is 2.22. The number of carbonyl (C=O) groups excluding carboxylic acids is 1. The van der Waals surface area contributed by atoms with Crippen LogP contribution < -0.4 is 5.32 Å². The van der Waals surface area contributed by atoms with Crippen molar-refractivity contribution in [1.82, 2.24) is 5.32 Å². The van der Waals surface area contributed by atoms with E-state index in [1.807, 2.05) is 0 Å². The Morgan fingerprint density at radius 3 is 2.50 bits per heavy atom. The first-order valence-corrected chi connectivity index (χ1v) is 7.11. The number of hydrogen-bond acceptors (Lipinski definition) is 6. The zero-order valence-corrected chi connectivity index (χ0v) is 13.1. The summed E-state index contributed by atoms with van der Waals surface area (Å²) in [5, 5.41) is 31.5. The molecular weight excluding hydrogens is 299 g/mol. The fourth-order valence-electron chi connectivity index (χ4n) is 2.09. The van der Waals surface area contributed by atoms with Crippen LogP contribution in [0.25, 0.3) is 0 Å². The third-order valence-corrected chi connectivity index (χ3v) is 3.55. The maximum Gasteiger partial charge on any atom is 0.221 e. The zero-order valence-electron chi connectivity index (χ0n) is 13.1. The monoisotopic (exact) mass is 325 g/mol. The van der Waals surface area contributed by atoms with Crippen molar-refractivity contribution in [3.63, 3.8) is 0 Å². The van der Waals surface area contributed by atoms with Crippen molar-refractivity contribution in [2.75, 3.05) is 40.7 Å². The van der Waals surface area contributed by atoms with E-state index in [4.69, 9.17) is 14.6 Å². The van der Waals surface area contributed by atoms with Gasteiger partial charge in [0.25, 0.3) is 0 Å². The molecule has 1 fully saturated rings. The van der Waals surface area contributed by atoms with Crippen LogP contribution >= 0.6 is 0 Å². The Balaban J connectivity index is 2.70. The summed E-state index contributed by atoms with van der Waals surface area (Å²) in [5.74, 6) is -0.421. The third-order valence-electron chi connectivity index (χ3n) is 3.55. The average molecular weight is 325 g/mol. The summed E-state index contributed by atoms with van der Waals surface area (Å²) in [6.45, 7) is 0.670. The molecule has 22 heavy (non-hydrogen) atoms. The van der Waals surface area contributed by atoms with Crippen LogP contribution in [0.1, 0.15) is 6.92 Å². The maximum absolute atomic E-state index is 12.7. The molecule has 0 saturated carbocycles. The summed E-state index contributed by atoms with van der Waals surface area (Å²) in [4.78, 5) is 11.2. The molecule has 0 bridgehead atoms. The Labute approximate surface area is 129 Å². The molecule has 130 valence electrons. The van der Waals surface area contributed by atoms with Crippen molar-refractivity contribution in [3.8, 4) is 0 Å². The smallest absolute Gasteiger partial charge is 0.221 e. The first-order valence-electron chi connectivity index (χ1n) is 7.11. The molecule has 0 aromatic carbocycles. The number of quaternary nitrogens is 1. The number of aliphatic hydroxyl groups excluding tert-OH is 3. The highest BCUT2D eigenvalue weighted by molar-refractivity contribution is 5.73. The molecule has 9 heteroatoms. The molecule has 0 aliphatic carbocycles. The predicted molar refractivity (Wildman–Crippen MR) is 74.3 cm³/mol. The van der Waals surface area contributed by atoms with Gasteiger partial charge in [0.05, 0.1) is 27.3 Å². The van der Waals surface area contributed by atoms with Crippen LogP contribution in [0.2, 0.25) is 0 Å². The minimum absolute atomic E-state index is 0.0894. The van der Waals surface area contributed by atoms with Gasteiger partial charge in [0.15, 0.2) is 6.29 Å². The van der Waals surface area contributed by atoms with Gasteiger partial charge in [0.1, 0.15) is 30.9 Å². The Morgan fingerprint density at radius 1 is 1.36 bits per heavy atom. The molecular formula is C13H26FN2O6+. The molecule has 0 aromatic rings. The number of alkyl halides is 1. The molecule has 1 aliphatic rings. The van der Waals surface area contributed by atoms with E-state index in [1.165, 1.54) is 6.92 Å². The highest BCUT2D eigenvalue weighted by atomic mass is 19.1. The van der Waals surface area contributed by atoms with E-state index in [0.717, 1.165) is 0 Å². The molecule has 8 nitrogen and oxygen atoms in total. The van der Waals surface area contributed by atoms with Gasteiger partial charge in [-0.3, -0.25) is 4.79 Å². The first-order chi connectivity index (χ1) is 10.2. The van der Waals surface area contributed by atoms with Crippen LogP contribution in [0.3, 0.4) is 0 Å². The minimum Gasteiger partial charge on any atom is -0.394 e. The molecule has 0 aromatic heterocycles. The summed E-state index contributed by atoms with van der Waals surface area (Å²) < 4.78 is 23.7. The van der Waals surface area contributed by atoms with Gasteiger partial charge in [-0.15, -0.1) is 0 Å². The number of likely N-dealkylation sites (N-methyl/N-ethyl adjacent to an activating group) is 1. The number of nitrogens with one attached hydrogen (secondary N) is 1. The average Bonchev–Trinajstić information content (AvgIpc) is 2.45. The van der Waals surface area contributed by atoms with Crippen molar-refractivity contribution < 1.29 is 38.5 Å². The Hall–Kier alpha value is -0.840. The topological polar surface area (TPSA) is 108 Å². The van der Waals surface area contributed by atoms with Gasteiger partial charge in [-0.2, -0.15) is 4.39 Å². The van der Waals surface area contributed by atoms with Crippen LogP contribution in [0.15, 0.2) is 0 Å². The molecule has 1 aliphatic heterocycles. The lowest BCUT2D eigenvalue weighted by molar-refractivity contribution is -0.903. The lowest BCUT2D eigenvalue weighted by Crippen LogP contribution is -2.64. The summed E-state index contributed by atoms with van der Waals surface area (Å²) in [5.41, 5.74) is 0. The number of aliphatic hydroxyl groups is 3. The lowest BCUT2D eigenvalue weighted by Gasteiger charge is -2.42. The van der Waals surface area contributed by atoms with Gasteiger partial charge in [0.2, 0.25) is 12.7 Å². The van der Waals surface area contributed by atoms with Gasteiger partial charge < -0.3 is 34.6 Å². The maximum atomic E-state index is 12.7. The Kier molecular flexibility index (Phi) is 7.10. The number of amides is 1. The number of hydrogen-bond donors (Lipinski definition) is 4. The molecule has 1 saturated heterocycles. The van der Waals surface area contributed by atoms with Crippen LogP contribution in [-0.4, -0.2) is 97.0 Å². The van der Waals surface area contributed by atoms with E-state index < -0.39 is 50.0 Å². The minimum atomic E-state index is -1.35. The van der Waals surface area contributed by atoms with Crippen LogP contribution in [0.4, 0.5) is 4.39 Å². The van der Waals surface area contributed by atoms with Crippen molar-refractivity contribution >= 4 is 5.91 Å². The predicted octanol–water partition coefficient (Wildman–Crippen LogP) is -2.05. The molecule has 5 atom stereocenters. The standard InChI is InChI=1S/C13H25FN2O6/c1-8(18)15-10-12(20)11(19)9(6-17)22-13(10)21-5-4-16(2,3)7-14/h9-13,17,19-20H,4-7H2,1-3H3/p+1/t9-,10-,11-,12-,13-/m1/s1. The summed E-state index contributed by atoms with van der Waals surface area (Å²) >= 11 is 0. The third kappa shape index (κ3) is 5.11. The van der Waals surface area contributed by atoms with Crippen molar-refractivity contribution in [3.05, 3.63) is 0 Å². The van der Waals surface area contributed by atoms with Crippen LogP contribution in [0, 0.1) is 0 Å².